The lowest BCUT2D eigenvalue weighted by atomic mass is 10.1. The number of nitrogens with zero attached hydrogens (tertiary/aromatic N) is 3. The van der Waals surface area contributed by atoms with Crippen molar-refractivity contribution in [3.63, 3.8) is 0 Å². The zero-order chi connectivity index (χ0) is 18.2. The van der Waals surface area contributed by atoms with Crippen molar-refractivity contribution in [3.8, 4) is 0 Å². The highest BCUT2D eigenvalue weighted by Crippen LogP contribution is 2.08. The maximum atomic E-state index is 13.5. The molecule has 0 aliphatic heterocycles. The van der Waals surface area contributed by atoms with Crippen molar-refractivity contribution in [2.45, 2.75) is 13.0 Å². The molecule has 0 spiro atoms. The molecule has 0 saturated carbocycles. The number of carbonyl (C=O) groups is 1. The Morgan fingerprint density at radius 3 is 2.58 bits per heavy atom. The topological polar surface area (TPSA) is 79.8 Å². The lowest BCUT2D eigenvalue weighted by molar-refractivity contribution is 0.0945. The van der Waals surface area contributed by atoms with Gasteiger partial charge in [-0.25, -0.2) is 14.4 Å². The van der Waals surface area contributed by atoms with Crippen LogP contribution < -0.4 is 10.6 Å². The molecule has 0 bridgehead atoms. The molecule has 1 amide bonds. The number of benzene rings is 1. The second kappa shape index (κ2) is 8.66. The molecular formula is C19H18FN5O. The van der Waals surface area contributed by atoms with E-state index in [0.29, 0.717) is 30.9 Å². The lowest BCUT2D eigenvalue weighted by Crippen LogP contribution is -2.24. The van der Waals surface area contributed by atoms with Gasteiger partial charge in [-0.15, -0.1) is 0 Å². The van der Waals surface area contributed by atoms with Gasteiger partial charge in [0.05, 0.1) is 24.6 Å². The Morgan fingerprint density at radius 1 is 1.00 bits per heavy atom. The minimum Gasteiger partial charge on any atom is -0.368 e. The minimum absolute atomic E-state index is 0.222. The second-order valence-corrected chi connectivity index (χ2v) is 5.56. The highest BCUT2D eigenvalue weighted by Gasteiger charge is 2.08. The number of rotatable bonds is 7. The van der Waals surface area contributed by atoms with Crippen molar-refractivity contribution in [3.05, 3.63) is 83.8 Å². The van der Waals surface area contributed by atoms with E-state index in [1.54, 1.807) is 24.4 Å². The average molecular weight is 351 g/mol. The second-order valence-electron chi connectivity index (χ2n) is 5.56. The van der Waals surface area contributed by atoms with Gasteiger partial charge in [-0.1, -0.05) is 24.3 Å². The Balaban J connectivity index is 1.48. The van der Waals surface area contributed by atoms with Gasteiger partial charge >= 0.3 is 0 Å². The van der Waals surface area contributed by atoms with Crippen LogP contribution in [-0.4, -0.2) is 27.4 Å². The summed E-state index contributed by atoms with van der Waals surface area (Å²) in [5.74, 6) is -0.0102. The molecule has 0 radical (unpaired) electrons. The predicted octanol–water partition coefficient (Wildman–Crippen LogP) is 2.60. The van der Waals surface area contributed by atoms with E-state index in [2.05, 4.69) is 25.6 Å². The fourth-order valence-electron chi connectivity index (χ4n) is 2.33. The molecule has 132 valence electrons. The molecule has 7 heteroatoms. The van der Waals surface area contributed by atoms with E-state index in [9.17, 15) is 9.18 Å². The van der Waals surface area contributed by atoms with Crippen molar-refractivity contribution < 1.29 is 9.18 Å². The number of anilines is 1. The molecule has 0 aliphatic rings. The fourth-order valence-corrected chi connectivity index (χ4v) is 2.33. The summed E-state index contributed by atoms with van der Waals surface area (Å²) in [6.45, 7) is 0.838. The van der Waals surface area contributed by atoms with Crippen LogP contribution in [0.3, 0.4) is 0 Å². The fraction of sp³-hybridized carbons (Fsp3) is 0.158. The van der Waals surface area contributed by atoms with Crippen LogP contribution in [0.5, 0.6) is 0 Å². The van der Waals surface area contributed by atoms with E-state index in [0.717, 1.165) is 5.69 Å². The number of hydrogen-bond acceptors (Lipinski definition) is 5. The monoisotopic (exact) mass is 351 g/mol. The molecule has 0 unspecified atom stereocenters. The number of pyridine rings is 1. The first-order valence-electron chi connectivity index (χ1n) is 8.20. The number of carbonyl (C=O) groups excluding carboxylic acids is 1. The van der Waals surface area contributed by atoms with Gasteiger partial charge in [-0.05, 0) is 30.2 Å². The largest absolute Gasteiger partial charge is 0.368 e. The molecule has 0 saturated heterocycles. The standard InChI is InChI=1S/C19H18FN5O/c20-16-7-2-1-5-14(16)8-10-22-18-13-23-17(12-24-18)19(26)25-11-15-6-3-4-9-21-15/h1-7,9,12-13H,8,10-11H2,(H,22,24)(H,25,26). The van der Waals surface area contributed by atoms with Crippen LogP contribution in [0.1, 0.15) is 21.7 Å². The highest BCUT2D eigenvalue weighted by atomic mass is 19.1. The maximum absolute atomic E-state index is 13.5. The smallest absolute Gasteiger partial charge is 0.271 e. The van der Waals surface area contributed by atoms with Crippen molar-refractivity contribution in [1.82, 2.24) is 20.3 Å². The van der Waals surface area contributed by atoms with Crippen LogP contribution in [0.2, 0.25) is 0 Å². The SMILES string of the molecule is O=C(NCc1ccccn1)c1cnc(NCCc2ccccc2F)cn1. The molecule has 3 aromatic rings. The first-order chi connectivity index (χ1) is 12.7. The average Bonchev–Trinajstić information content (AvgIpc) is 2.69. The molecule has 0 fully saturated rings. The van der Waals surface area contributed by atoms with Crippen molar-refractivity contribution in [2.24, 2.45) is 0 Å². The van der Waals surface area contributed by atoms with E-state index in [1.807, 2.05) is 18.2 Å². The van der Waals surface area contributed by atoms with Gasteiger partial charge in [-0.2, -0.15) is 0 Å². The van der Waals surface area contributed by atoms with Crippen molar-refractivity contribution in [2.75, 3.05) is 11.9 Å². The Bertz CT molecular complexity index is 855. The normalized spacial score (nSPS) is 10.3. The van der Waals surface area contributed by atoms with Crippen LogP contribution in [0.25, 0.3) is 0 Å². The number of aromatic nitrogens is 3. The molecule has 2 heterocycles. The third kappa shape index (κ3) is 4.83. The van der Waals surface area contributed by atoms with E-state index < -0.39 is 0 Å². The van der Waals surface area contributed by atoms with Gasteiger partial charge in [0.15, 0.2) is 0 Å². The summed E-state index contributed by atoms with van der Waals surface area (Å²) in [4.78, 5) is 24.5. The zero-order valence-electron chi connectivity index (χ0n) is 14.0. The van der Waals surface area contributed by atoms with Gasteiger partial charge in [0, 0.05) is 12.7 Å². The van der Waals surface area contributed by atoms with E-state index >= 15 is 0 Å². The summed E-state index contributed by atoms with van der Waals surface area (Å²) >= 11 is 0. The highest BCUT2D eigenvalue weighted by molar-refractivity contribution is 5.91. The third-order valence-corrected chi connectivity index (χ3v) is 3.70. The molecule has 2 aromatic heterocycles. The van der Waals surface area contributed by atoms with Crippen LogP contribution in [0, 0.1) is 5.82 Å². The zero-order valence-corrected chi connectivity index (χ0v) is 14.0. The van der Waals surface area contributed by atoms with Crippen LogP contribution in [0.15, 0.2) is 61.1 Å². The van der Waals surface area contributed by atoms with Gasteiger partial charge in [-0.3, -0.25) is 9.78 Å². The third-order valence-electron chi connectivity index (χ3n) is 3.70. The lowest BCUT2D eigenvalue weighted by Gasteiger charge is -2.07. The Hall–Kier alpha value is -3.35. The predicted molar refractivity (Wildman–Crippen MR) is 96.0 cm³/mol. The summed E-state index contributed by atoms with van der Waals surface area (Å²) in [7, 11) is 0. The quantitative estimate of drug-likeness (QED) is 0.684. The molecule has 2 N–H and O–H groups in total. The minimum atomic E-state index is -0.318. The van der Waals surface area contributed by atoms with Crippen molar-refractivity contribution in [1.29, 1.82) is 0 Å². The molecule has 3 rings (SSSR count). The van der Waals surface area contributed by atoms with Crippen molar-refractivity contribution >= 4 is 11.7 Å². The summed E-state index contributed by atoms with van der Waals surface area (Å²) in [6.07, 6.45) is 5.08. The summed E-state index contributed by atoms with van der Waals surface area (Å²) < 4.78 is 13.5. The van der Waals surface area contributed by atoms with Crippen LogP contribution >= 0.6 is 0 Å². The van der Waals surface area contributed by atoms with Crippen LogP contribution in [0.4, 0.5) is 10.2 Å². The molecule has 26 heavy (non-hydrogen) atoms. The Kier molecular flexibility index (Phi) is 5.82. The first-order valence-corrected chi connectivity index (χ1v) is 8.20. The van der Waals surface area contributed by atoms with Gasteiger partial charge in [0.1, 0.15) is 17.3 Å². The molecule has 6 nitrogen and oxygen atoms in total. The van der Waals surface area contributed by atoms with E-state index in [1.165, 1.54) is 18.5 Å². The van der Waals surface area contributed by atoms with Crippen LogP contribution in [-0.2, 0) is 13.0 Å². The summed E-state index contributed by atoms with van der Waals surface area (Å²) in [6, 6.07) is 12.1. The van der Waals surface area contributed by atoms with E-state index in [-0.39, 0.29) is 17.4 Å². The summed E-state index contributed by atoms with van der Waals surface area (Å²) in [5, 5.41) is 5.80. The number of nitrogens with one attached hydrogen (secondary N) is 2. The van der Waals surface area contributed by atoms with Gasteiger partial charge < -0.3 is 10.6 Å². The summed E-state index contributed by atoms with van der Waals surface area (Å²) in [5.41, 5.74) is 1.62. The number of hydrogen-bond donors (Lipinski definition) is 2. The molecule has 0 aliphatic carbocycles. The Morgan fingerprint density at radius 2 is 1.85 bits per heavy atom. The van der Waals surface area contributed by atoms with E-state index in [4.69, 9.17) is 0 Å². The molecule has 0 atom stereocenters. The molecular weight excluding hydrogens is 333 g/mol. The maximum Gasteiger partial charge on any atom is 0.271 e. The molecule has 1 aromatic carbocycles. The van der Waals surface area contributed by atoms with Gasteiger partial charge in [0.2, 0.25) is 0 Å². The first kappa shape index (κ1) is 17.5. The Labute approximate surface area is 150 Å². The number of halogens is 1. The van der Waals surface area contributed by atoms with Gasteiger partial charge in [0.25, 0.3) is 5.91 Å². The number of amides is 1.